The number of halogens is 2. The molecule has 1 atom stereocenters. The molecule has 22 heavy (non-hydrogen) atoms. The summed E-state index contributed by atoms with van der Waals surface area (Å²) in [5.41, 5.74) is 4.97. The van der Waals surface area contributed by atoms with E-state index in [1.54, 1.807) is 13.8 Å². The molecule has 1 unspecified atom stereocenters. The van der Waals surface area contributed by atoms with E-state index in [-0.39, 0.29) is 34.6 Å². The largest absolute Gasteiger partial charge is 0.396 e. The van der Waals surface area contributed by atoms with Crippen molar-refractivity contribution < 1.29 is 18.8 Å². The average molecular weight is 328 g/mol. The van der Waals surface area contributed by atoms with Gasteiger partial charge >= 0.3 is 0 Å². The predicted octanol–water partition coefficient (Wildman–Crippen LogP) is 1.33. The molecule has 1 aromatic carbocycles. The van der Waals surface area contributed by atoms with E-state index < -0.39 is 23.7 Å². The van der Waals surface area contributed by atoms with E-state index in [2.05, 4.69) is 5.32 Å². The number of nitrogen functional groups attached to an aromatic ring is 1. The molecule has 1 aliphatic rings. The van der Waals surface area contributed by atoms with Crippen molar-refractivity contribution in [3.63, 3.8) is 0 Å². The molecular formula is C14H15ClFN3O3. The number of benzene rings is 1. The minimum Gasteiger partial charge on any atom is -0.396 e. The number of amides is 3. The number of rotatable bonds is 3. The van der Waals surface area contributed by atoms with Crippen molar-refractivity contribution >= 4 is 35.0 Å². The van der Waals surface area contributed by atoms with E-state index >= 15 is 0 Å². The van der Waals surface area contributed by atoms with Gasteiger partial charge in [-0.05, 0) is 26.0 Å². The van der Waals surface area contributed by atoms with Gasteiger partial charge in [0, 0.05) is 11.1 Å². The number of hydrogen-bond donors (Lipinski definition) is 2. The van der Waals surface area contributed by atoms with Gasteiger partial charge in [-0.3, -0.25) is 19.3 Å². The highest BCUT2D eigenvalue weighted by Gasteiger charge is 2.40. The number of nitrogens with two attached hydrogens (primary N) is 1. The average Bonchev–Trinajstić information content (AvgIpc) is 2.68. The lowest BCUT2D eigenvalue weighted by Gasteiger charge is -2.19. The van der Waals surface area contributed by atoms with Gasteiger partial charge in [-0.2, -0.15) is 0 Å². The van der Waals surface area contributed by atoms with Crippen molar-refractivity contribution in [3.05, 3.63) is 28.5 Å². The van der Waals surface area contributed by atoms with Crippen LogP contribution in [0.4, 0.5) is 10.1 Å². The third kappa shape index (κ3) is 2.89. The van der Waals surface area contributed by atoms with Gasteiger partial charge in [0.25, 0.3) is 11.8 Å². The fourth-order valence-electron chi connectivity index (χ4n) is 2.31. The number of carbonyl (C=O) groups excluding carboxylic acids is 3. The molecule has 6 nitrogen and oxygen atoms in total. The highest BCUT2D eigenvalue weighted by molar-refractivity contribution is 6.31. The maximum Gasteiger partial charge on any atom is 0.254 e. The van der Waals surface area contributed by atoms with Gasteiger partial charge in [-0.15, -0.1) is 0 Å². The Morgan fingerprint density at radius 2 is 2.09 bits per heavy atom. The normalized spacial score (nSPS) is 18.2. The molecule has 1 aromatic rings. The van der Waals surface area contributed by atoms with Crippen LogP contribution in [-0.4, -0.2) is 34.7 Å². The lowest BCUT2D eigenvalue weighted by molar-refractivity contribution is -0.140. The van der Waals surface area contributed by atoms with Crippen LogP contribution in [0.5, 0.6) is 0 Å². The molecule has 0 bridgehead atoms. The second-order valence-electron chi connectivity index (χ2n) is 5.27. The fourth-order valence-corrected chi connectivity index (χ4v) is 2.52. The summed E-state index contributed by atoms with van der Waals surface area (Å²) < 4.78 is 13.5. The SMILES string of the molecule is CC(C)N1C(=O)CC(NC(=O)c2cc(Cl)cc(F)c2N)C1=O. The predicted molar refractivity (Wildman–Crippen MR) is 78.7 cm³/mol. The maximum absolute atomic E-state index is 13.5. The molecule has 0 radical (unpaired) electrons. The van der Waals surface area contributed by atoms with Crippen LogP contribution < -0.4 is 11.1 Å². The Labute approximate surface area is 131 Å². The first-order valence-corrected chi connectivity index (χ1v) is 7.01. The summed E-state index contributed by atoms with van der Waals surface area (Å²) >= 11 is 5.69. The van der Waals surface area contributed by atoms with E-state index in [0.717, 1.165) is 11.0 Å². The zero-order valence-corrected chi connectivity index (χ0v) is 12.8. The minimum atomic E-state index is -0.983. The van der Waals surface area contributed by atoms with Crippen LogP contribution in [0, 0.1) is 5.82 Å². The van der Waals surface area contributed by atoms with E-state index in [4.69, 9.17) is 17.3 Å². The first-order chi connectivity index (χ1) is 10.2. The molecule has 1 fully saturated rings. The van der Waals surface area contributed by atoms with Gasteiger partial charge in [-0.1, -0.05) is 11.6 Å². The molecule has 3 amide bonds. The van der Waals surface area contributed by atoms with Crippen LogP contribution in [-0.2, 0) is 9.59 Å². The van der Waals surface area contributed by atoms with Crippen molar-refractivity contribution in [2.45, 2.75) is 32.4 Å². The fraction of sp³-hybridized carbons (Fsp3) is 0.357. The van der Waals surface area contributed by atoms with Gasteiger partial charge in [0.15, 0.2) is 0 Å². The molecule has 118 valence electrons. The topological polar surface area (TPSA) is 92.5 Å². The van der Waals surface area contributed by atoms with Crippen molar-refractivity contribution in [2.75, 3.05) is 5.73 Å². The minimum absolute atomic E-state index is 0.00878. The maximum atomic E-state index is 13.5. The van der Waals surface area contributed by atoms with Gasteiger partial charge < -0.3 is 11.1 Å². The van der Waals surface area contributed by atoms with E-state index in [1.807, 2.05) is 0 Å². The first kappa shape index (κ1) is 16.2. The summed E-state index contributed by atoms with van der Waals surface area (Å²) in [6.07, 6.45) is -0.133. The van der Waals surface area contributed by atoms with Gasteiger partial charge in [0.1, 0.15) is 11.9 Å². The quantitative estimate of drug-likeness (QED) is 0.647. The van der Waals surface area contributed by atoms with Crippen LogP contribution in [0.25, 0.3) is 0 Å². The zero-order valence-electron chi connectivity index (χ0n) is 12.0. The summed E-state index contributed by atoms with van der Waals surface area (Å²) in [5, 5.41) is 2.41. The number of imide groups is 1. The van der Waals surface area contributed by atoms with Crippen molar-refractivity contribution in [3.8, 4) is 0 Å². The smallest absolute Gasteiger partial charge is 0.254 e. The molecule has 8 heteroatoms. The molecular weight excluding hydrogens is 313 g/mol. The second kappa shape index (κ2) is 5.92. The number of carbonyl (C=O) groups is 3. The van der Waals surface area contributed by atoms with Crippen LogP contribution in [0.15, 0.2) is 12.1 Å². The standard InChI is InChI=1S/C14H15ClFN3O3/c1-6(2)19-11(20)5-10(14(19)22)18-13(21)8-3-7(15)4-9(16)12(8)17/h3-4,6,10H,5,17H2,1-2H3,(H,18,21). The summed E-state index contributed by atoms with van der Waals surface area (Å²) in [7, 11) is 0. The molecule has 1 saturated heterocycles. The summed E-state index contributed by atoms with van der Waals surface area (Å²) in [6.45, 7) is 3.40. The molecule has 0 aliphatic carbocycles. The first-order valence-electron chi connectivity index (χ1n) is 6.63. The van der Waals surface area contributed by atoms with Crippen molar-refractivity contribution in [1.82, 2.24) is 10.2 Å². The Morgan fingerprint density at radius 1 is 1.45 bits per heavy atom. The molecule has 2 rings (SSSR count). The second-order valence-corrected chi connectivity index (χ2v) is 5.71. The number of hydrogen-bond acceptors (Lipinski definition) is 4. The van der Waals surface area contributed by atoms with Crippen LogP contribution >= 0.6 is 11.6 Å². The molecule has 3 N–H and O–H groups in total. The summed E-state index contributed by atoms with van der Waals surface area (Å²) in [4.78, 5) is 37.1. The Hall–Kier alpha value is -2.15. The Balaban J connectivity index is 2.20. The van der Waals surface area contributed by atoms with Gasteiger partial charge in [0.2, 0.25) is 5.91 Å². The Morgan fingerprint density at radius 3 is 2.64 bits per heavy atom. The lowest BCUT2D eigenvalue weighted by Crippen LogP contribution is -2.44. The van der Waals surface area contributed by atoms with Crippen molar-refractivity contribution in [1.29, 1.82) is 0 Å². The monoisotopic (exact) mass is 327 g/mol. The van der Waals surface area contributed by atoms with Crippen molar-refractivity contribution in [2.24, 2.45) is 0 Å². The molecule has 1 heterocycles. The molecule has 1 aliphatic heterocycles. The van der Waals surface area contributed by atoms with E-state index in [0.29, 0.717) is 0 Å². The number of nitrogens with one attached hydrogen (secondary N) is 1. The third-order valence-electron chi connectivity index (χ3n) is 3.34. The van der Waals surface area contributed by atoms with Crippen LogP contribution in [0.3, 0.4) is 0 Å². The number of likely N-dealkylation sites (tertiary alicyclic amines) is 1. The summed E-state index contributed by atoms with van der Waals surface area (Å²) in [5.74, 6) is -2.43. The Bertz CT molecular complexity index is 663. The third-order valence-corrected chi connectivity index (χ3v) is 3.56. The van der Waals surface area contributed by atoms with E-state index in [1.165, 1.54) is 6.07 Å². The Kier molecular flexibility index (Phi) is 4.37. The summed E-state index contributed by atoms with van der Waals surface area (Å²) in [6, 6.07) is 0.911. The van der Waals surface area contributed by atoms with Gasteiger partial charge in [-0.25, -0.2) is 4.39 Å². The van der Waals surface area contributed by atoms with Crippen LogP contribution in [0.1, 0.15) is 30.6 Å². The number of anilines is 1. The molecule has 0 spiro atoms. The van der Waals surface area contributed by atoms with Gasteiger partial charge in [0.05, 0.1) is 17.7 Å². The molecule has 0 aromatic heterocycles. The highest BCUT2D eigenvalue weighted by Crippen LogP contribution is 2.23. The highest BCUT2D eigenvalue weighted by atomic mass is 35.5. The zero-order chi connectivity index (χ0) is 16.6. The number of nitrogens with zero attached hydrogens (tertiary/aromatic N) is 1. The van der Waals surface area contributed by atoms with E-state index in [9.17, 15) is 18.8 Å². The lowest BCUT2D eigenvalue weighted by atomic mass is 10.1. The molecule has 0 saturated carbocycles. The van der Waals surface area contributed by atoms with Crippen LogP contribution in [0.2, 0.25) is 5.02 Å².